The fraction of sp³-hybridized carbons (Fsp3) is 0.400. The maximum Gasteiger partial charge on any atom is 0.315 e. The van der Waals surface area contributed by atoms with Crippen LogP contribution in [-0.4, -0.2) is 28.9 Å². The molecule has 1 aromatic carbocycles. The Labute approximate surface area is 122 Å². The molecule has 1 atom stereocenters. The molecule has 0 aromatic heterocycles. The van der Waals surface area contributed by atoms with Crippen molar-refractivity contribution in [3.8, 4) is 0 Å². The van der Waals surface area contributed by atoms with Crippen molar-refractivity contribution in [2.24, 2.45) is 5.92 Å². The number of carbonyl (C=O) groups is 3. The number of aryl methyl sites for hydroxylation is 1. The summed E-state index contributed by atoms with van der Waals surface area (Å²) in [5, 5.41) is 14.2. The summed E-state index contributed by atoms with van der Waals surface area (Å²) < 4.78 is 0. The summed E-state index contributed by atoms with van der Waals surface area (Å²) in [6.45, 7) is 3.10. The number of carboxylic acids is 1. The van der Waals surface area contributed by atoms with Crippen molar-refractivity contribution >= 4 is 23.5 Å². The van der Waals surface area contributed by atoms with E-state index < -0.39 is 17.8 Å². The second-order valence-electron chi connectivity index (χ2n) is 5.33. The average molecular weight is 290 g/mol. The Morgan fingerprint density at radius 2 is 1.95 bits per heavy atom. The van der Waals surface area contributed by atoms with Crippen molar-refractivity contribution in [1.82, 2.24) is 5.32 Å². The van der Waals surface area contributed by atoms with Crippen molar-refractivity contribution in [2.75, 3.05) is 5.32 Å². The van der Waals surface area contributed by atoms with Crippen LogP contribution in [0.1, 0.15) is 35.7 Å². The quantitative estimate of drug-likeness (QED) is 0.717. The Hall–Kier alpha value is -2.37. The summed E-state index contributed by atoms with van der Waals surface area (Å²) >= 11 is 0. The van der Waals surface area contributed by atoms with E-state index in [0.29, 0.717) is 11.3 Å². The summed E-state index contributed by atoms with van der Waals surface area (Å²) in [4.78, 5) is 34.5. The highest BCUT2D eigenvalue weighted by Gasteiger charge is 2.24. The molecule has 2 rings (SSSR count). The molecule has 0 spiro atoms. The molecule has 21 heavy (non-hydrogen) atoms. The number of amides is 2. The zero-order valence-corrected chi connectivity index (χ0v) is 12.0. The number of carboxylic acid groups (broad SMARTS) is 1. The van der Waals surface area contributed by atoms with Crippen molar-refractivity contribution < 1.29 is 19.5 Å². The lowest BCUT2D eigenvalue weighted by atomic mass is 10.1. The molecule has 112 valence electrons. The fourth-order valence-electron chi connectivity index (χ4n) is 1.75. The molecular weight excluding hydrogens is 272 g/mol. The zero-order chi connectivity index (χ0) is 15.6. The number of hydrogen-bond donors (Lipinski definition) is 3. The van der Waals surface area contributed by atoms with Crippen LogP contribution in [0.2, 0.25) is 0 Å². The van der Waals surface area contributed by atoms with Crippen LogP contribution >= 0.6 is 0 Å². The minimum atomic E-state index is -1.19. The molecule has 1 aliphatic rings. The summed E-state index contributed by atoms with van der Waals surface area (Å²) in [5.74, 6) is -3.12. The Kier molecular flexibility index (Phi) is 4.26. The molecular formula is C15H18N2O4. The summed E-state index contributed by atoms with van der Waals surface area (Å²) in [6.07, 6.45) is 1.99. The van der Waals surface area contributed by atoms with Gasteiger partial charge in [-0.25, -0.2) is 0 Å². The van der Waals surface area contributed by atoms with Crippen LogP contribution in [0.3, 0.4) is 0 Å². The van der Waals surface area contributed by atoms with Gasteiger partial charge >= 0.3 is 5.97 Å². The fourth-order valence-corrected chi connectivity index (χ4v) is 1.75. The van der Waals surface area contributed by atoms with Crippen LogP contribution in [-0.2, 0) is 9.59 Å². The molecule has 1 fully saturated rings. The van der Waals surface area contributed by atoms with Gasteiger partial charge in [-0.3, -0.25) is 14.4 Å². The van der Waals surface area contributed by atoms with Crippen molar-refractivity contribution in [2.45, 2.75) is 32.7 Å². The van der Waals surface area contributed by atoms with E-state index in [4.69, 9.17) is 5.11 Å². The molecule has 3 N–H and O–H groups in total. The Morgan fingerprint density at radius 1 is 1.29 bits per heavy atom. The number of benzene rings is 1. The maximum atomic E-state index is 12.0. The van der Waals surface area contributed by atoms with E-state index in [-0.39, 0.29) is 11.9 Å². The van der Waals surface area contributed by atoms with Gasteiger partial charge in [-0.1, -0.05) is 6.07 Å². The molecule has 1 aliphatic carbocycles. The maximum absolute atomic E-state index is 12.0. The molecule has 0 saturated heterocycles. The third kappa shape index (κ3) is 3.81. The topological polar surface area (TPSA) is 95.5 Å². The molecule has 0 heterocycles. The van der Waals surface area contributed by atoms with E-state index in [9.17, 15) is 14.4 Å². The van der Waals surface area contributed by atoms with Gasteiger partial charge in [0.2, 0.25) is 5.91 Å². The van der Waals surface area contributed by atoms with E-state index >= 15 is 0 Å². The molecule has 0 aliphatic heterocycles. The van der Waals surface area contributed by atoms with E-state index in [1.54, 1.807) is 25.1 Å². The highest BCUT2D eigenvalue weighted by Crippen LogP contribution is 2.21. The van der Waals surface area contributed by atoms with Crippen LogP contribution in [0.25, 0.3) is 0 Å². The smallest absolute Gasteiger partial charge is 0.315 e. The van der Waals surface area contributed by atoms with Gasteiger partial charge in [0, 0.05) is 17.3 Å². The SMILES string of the molecule is Cc1ccc(C(=O)NC2CC2)cc1NC(=O)[C@H](C)C(=O)O. The average Bonchev–Trinajstić information content (AvgIpc) is 3.23. The molecule has 0 unspecified atom stereocenters. The van der Waals surface area contributed by atoms with Gasteiger partial charge < -0.3 is 15.7 Å². The number of aliphatic carboxylic acids is 1. The first kappa shape index (κ1) is 15.0. The molecule has 0 bridgehead atoms. The third-order valence-corrected chi connectivity index (χ3v) is 3.43. The Morgan fingerprint density at radius 3 is 2.52 bits per heavy atom. The van der Waals surface area contributed by atoms with Crippen molar-refractivity contribution in [3.05, 3.63) is 29.3 Å². The Bertz CT molecular complexity index is 593. The highest BCUT2D eigenvalue weighted by molar-refractivity contribution is 6.05. The molecule has 6 heteroatoms. The number of anilines is 1. The van der Waals surface area contributed by atoms with E-state index in [1.807, 2.05) is 0 Å². The van der Waals surface area contributed by atoms with E-state index in [2.05, 4.69) is 10.6 Å². The molecule has 2 amide bonds. The molecule has 0 radical (unpaired) electrons. The van der Waals surface area contributed by atoms with E-state index in [0.717, 1.165) is 18.4 Å². The monoisotopic (exact) mass is 290 g/mol. The molecule has 1 saturated carbocycles. The first-order valence-electron chi connectivity index (χ1n) is 6.83. The zero-order valence-electron chi connectivity index (χ0n) is 12.0. The third-order valence-electron chi connectivity index (χ3n) is 3.43. The normalized spacial score (nSPS) is 15.1. The van der Waals surface area contributed by atoms with Crippen LogP contribution in [0.4, 0.5) is 5.69 Å². The summed E-state index contributed by atoms with van der Waals surface area (Å²) in [6, 6.07) is 5.23. The highest BCUT2D eigenvalue weighted by atomic mass is 16.4. The standard InChI is InChI=1S/C15H18N2O4/c1-8-3-4-10(14(19)16-11-5-6-11)7-12(8)17-13(18)9(2)15(20)21/h3-4,7,9,11H,5-6H2,1-2H3,(H,16,19)(H,17,18)(H,20,21)/t9-/m0/s1. The van der Waals surface area contributed by atoms with Gasteiger partial charge in [0.05, 0.1) is 0 Å². The van der Waals surface area contributed by atoms with Crippen LogP contribution in [0.5, 0.6) is 0 Å². The lowest BCUT2D eigenvalue weighted by Gasteiger charge is -2.12. The largest absolute Gasteiger partial charge is 0.481 e. The van der Waals surface area contributed by atoms with Crippen LogP contribution < -0.4 is 10.6 Å². The summed E-state index contributed by atoms with van der Waals surface area (Å²) in [7, 11) is 0. The predicted molar refractivity (Wildman–Crippen MR) is 77.1 cm³/mol. The first-order valence-corrected chi connectivity index (χ1v) is 6.83. The minimum absolute atomic E-state index is 0.181. The van der Waals surface area contributed by atoms with Gasteiger partial charge in [-0.2, -0.15) is 0 Å². The van der Waals surface area contributed by atoms with Crippen molar-refractivity contribution in [1.29, 1.82) is 0 Å². The lowest BCUT2D eigenvalue weighted by molar-refractivity contribution is -0.144. The minimum Gasteiger partial charge on any atom is -0.481 e. The number of nitrogens with one attached hydrogen (secondary N) is 2. The second-order valence-corrected chi connectivity index (χ2v) is 5.33. The van der Waals surface area contributed by atoms with Gasteiger partial charge in [0.25, 0.3) is 5.91 Å². The first-order chi connectivity index (χ1) is 9.88. The van der Waals surface area contributed by atoms with E-state index in [1.165, 1.54) is 6.92 Å². The Balaban J connectivity index is 2.12. The van der Waals surface area contributed by atoms with Crippen LogP contribution in [0.15, 0.2) is 18.2 Å². The molecule has 6 nitrogen and oxygen atoms in total. The molecule has 1 aromatic rings. The number of hydrogen-bond acceptors (Lipinski definition) is 3. The lowest BCUT2D eigenvalue weighted by Crippen LogP contribution is -2.28. The van der Waals surface area contributed by atoms with Crippen molar-refractivity contribution in [3.63, 3.8) is 0 Å². The van der Waals surface area contributed by atoms with Gasteiger partial charge in [0.1, 0.15) is 5.92 Å². The second kappa shape index (κ2) is 5.95. The van der Waals surface area contributed by atoms with Crippen LogP contribution in [0, 0.1) is 12.8 Å². The van der Waals surface area contributed by atoms with Gasteiger partial charge in [-0.05, 0) is 44.4 Å². The number of carbonyl (C=O) groups excluding carboxylic acids is 2. The number of rotatable bonds is 5. The summed E-state index contributed by atoms with van der Waals surface area (Å²) in [5.41, 5.74) is 1.67. The predicted octanol–water partition coefficient (Wildman–Crippen LogP) is 1.55. The van der Waals surface area contributed by atoms with Gasteiger partial charge in [-0.15, -0.1) is 0 Å². The van der Waals surface area contributed by atoms with Gasteiger partial charge in [0.15, 0.2) is 0 Å².